The van der Waals surface area contributed by atoms with Crippen LogP contribution in [0.15, 0.2) is 18.2 Å². The molecule has 1 aliphatic rings. The Hall–Kier alpha value is -1.35. The van der Waals surface area contributed by atoms with Crippen LogP contribution in [0.4, 0.5) is 0 Å². The first-order chi connectivity index (χ1) is 8.26. The molecular weight excluding hydrogens is 212 g/mol. The van der Waals surface area contributed by atoms with Crippen molar-refractivity contribution in [2.24, 2.45) is 0 Å². The summed E-state index contributed by atoms with van der Waals surface area (Å²) in [6.45, 7) is 5.09. The molecule has 0 saturated carbocycles. The number of nitrogens with zero attached hydrogens (tertiary/aromatic N) is 1. The number of aromatic nitrogens is 2. The Balaban J connectivity index is 1.96. The lowest BCUT2D eigenvalue weighted by Crippen LogP contribution is -1.99. The minimum Gasteiger partial charge on any atom is -0.378 e. The Morgan fingerprint density at radius 2 is 2.35 bits per heavy atom. The number of nitrogens with one attached hydrogen (secondary N) is 1. The molecular formula is C14H18N2O. The summed E-state index contributed by atoms with van der Waals surface area (Å²) in [5.74, 6) is 1.51. The zero-order valence-corrected chi connectivity index (χ0v) is 10.4. The summed E-state index contributed by atoms with van der Waals surface area (Å²) < 4.78 is 5.60. The third kappa shape index (κ3) is 1.95. The molecule has 1 aliphatic heterocycles. The molecule has 0 aliphatic carbocycles. The third-order valence-corrected chi connectivity index (χ3v) is 3.56. The normalized spacial score (nSPS) is 24.6. The highest BCUT2D eigenvalue weighted by molar-refractivity contribution is 5.76. The Morgan fingerprint density at radius 1 is 1.47 bits per heavy atom. The van der Waals surface area contributed by atoms with Gasteiger partial charge in [0.1, 0.15) is 5.82 Å². The van der Waals surface area contributed by atoms with Gasteiger partial charge in [-0.15, -0.1) is 0 Å². The maximum atomic E-state index is 5.60. The largest absolute Gasteiger partial charge is 0.378 e. The summed E-state index contributed by atoms with van der Waals surface area (Å²) in [6.07, 6.45) is 2.49. The molecule has 2 aromatic rings. The average molecular weight is 230 g/mol. The molecule has 1 N–H and O–H groups in total. The Labute approximate surface area is 101 Å². The minimum atomic E-state index is 0.361. The van der Waals surface area contributed by atoms with Crippen LogP contribution in [0, 0.1) is 0 Å². The zero-order valence-electron chi connectivity index (χ0n) is 10.4. The maximum absolute atomic E-state index is 5.60. The molecule has 2 atom stereocenters. The van der Waals surface area contributed by atoms with Gasteiger partial charge in [0.05, 0.1) is 23.7 Å². The summed E-state index contributed by atoms with van der Waals surface area (Å²) in [4.78, 5) is 8.11. The number of aryl methyl sites for hydroxylation is 1. The number of fused-ring (bicyclic) bond motifs is 1. The van der Waals surface area contributed by atoms with Crippen LogP contribution in [-0.2, 0) is 11.2 Å². The Morgan fingerprint density at radius 3 is 3.06 bits per heavy atom. The van der Waals surface area contributed by atoms with E-state index in [1.54, 1.807) is 0 Å². The highest BCUT2D eigenvalue weighted by atomic mass is 16.5. The van der Waals surface area contributed by atoms with Gasteiger partial charge in [-0.05, 0) is 37.5 Å². The summed E-state index contributed by atoms with van der Waals surface area (Å²) in [7, 11) is 0. The number of rotatable bonds is 2. The molecule has 3 rings (SSSR count). The average Bonchev–Trinajstić information content (AvgIpc) is 2.93. The van der Waals surface area contributed by atoms with Crippen LogP contribution < -0.4 is 0 Å². The second kappa shape index (κ2) is 4.15. The van der Waals surface area contributed by atoms with Crippen molar-refractivity contribution >= 4 is 11.0 Å². The Bertz CT molecular complexity index is 532. The first kappa shape index (κ1) is 10.8. The standard InChI is InChI=1S/C14H18N2O/c1-3-10-4-5-12-13(7-10)16-14(15-12)11-6-9(2)17-8-11/h4-5,7,9,11H,3,6,8H2,1-2H3,(H,15,16). The van der Waals surface area contributed by atoms with E-state index in [4.69, 9.17) is 4.74 Å². The SMILES string of the molecule is CCc1ccc2nc(C3COC(C)C3)[nH]c2c1. The molecule has 90 valence electrons. The fourth-order valence-corrected chi connectivity index (χ4v) is 2.50. The molecule has 1 fully saturated rings. The van der Waals surface area contributed by atoms with Crippen molar-refractivity contribution in [1.82, 2.24) is 9.97 Å². The number of benzene rings is 1. The molecule has 3 nitrogen and oxygen atoms in total. The highest BCUT2D eigenvalue weighted by Crippen LogP contribution is 2.28. The fourth-order valence-electron chi connectivity index (χ4n) is 2.50. The van der Waals surface area contributed by atoms with Crippen molar-refractivity contribution in [2.45, 2.75) is 38.7 Å². The third-order valence-electron chi connectivity index (χ3n) is 3.56. The van der Waals surface area contributed by atoms with E-state index in [9.17, 15) is 0 Å². The predicted molar refractivity (Wildman–Crippen MR) is 68.2 cm³/mol. The molecule has 2 heterocycles. The van der Waals surface area contributed by atoms with E-state index in [0.29, 0.717) is 12.0 Å². The van der Waals surface area contributed by atoms with Crippen LogP contribution in [0.2, 0.25) is 0 Å². The molecule has 0 spiro atoms. The molecule has 1 saturated heterocycles. The van der Waals surface area contributed by atoms with E-state index in [1.807, 2.05) is 0 Å². The molecule has 3 heteroatoms. The van der Waals surface area contributed by atoms with Gasteiger partial charge in [-0.3, -0.25) is 0 Å². The Kier molecular flexibility index (Phi) is 2.63. The smallest absolute Gasteiger partial charge is 0.112 e. The molecule has 0 radical (unpaired) electrons. The van der Waals surface area contributed by atoms with Gasteiger partial charge in [0.15, 0.2) is 0 Å². The first-order valence-corrected chi connectivity index (χ1v) is 6.36. The van der Waals surface area contributed by atoms with E-state index in [-0.39, 0.29) is 0 Å². The predicted octanol–water partition coefficient (Wildman–Crippen LogP) is 3.02. The van der Waals surface area contributed by atoms with E-state index >= 15 is 0 Å². The maximum Gasteiger partial charge on any atom is 0.112 e. The van der Waals surface area contributed by atoms with Gasteiger partial charge in [-0.2, -0.15) is 0 Å². The van der Waals surface area contributed by atoms with E-state index in [0.717, 1.165) is 36.3 Å². The van der Waals surface area contributed by atoms with Crippen LogP contribution in [0.25, 0.3) is 11.0 Å². The van der Waals surface area contributed by atoms with Crippen molar-refractivity contribution in [3.63, 3.8) is 0 Å². The molecule has 2 unspecified atom stereocenters. The number of hydrogen-bond donors (Lipinski definition) is 1. The van der Waals surface area contributed by atoms with E-state index in [1.165, 1.54) is 5.56 Å². The minimum absolute atomic E-state index is 0.361. The van der Waals surface area contributed by atoms with Gasteiger partial charge in [0, 0.05) is 5.92 Å². The van der Waals surface area contributed by atoms with Crippen molar-refractivity contribution in [1.29, 1.82) is 0 Å². The number of hydrogen-bond acceptors (Lipinski definition) is 2. The molecule has 17 heavy (non-hydrogen) atoms. The second-order valence-corrected chi connectivity index (χ2v) is 4.90. The zero-order chi connectivity index (χ0) is 11.8. The highest BCUT2D eigenvalue weighted by Gasteiger charge is 2.25. The van der Waals surface area contributed by atoms with Gasteiger partial charge in [0.25, 0.3) is 0 Å². The van der Waals surface area contributed by atoms with Crippen LogP contribution in [0.1, 0.15) is 37.6 Å². The summed E-state index contributed by atoms with van der Waals surface area (Å²) in [6, 6.07) is 6.46. The number of ether oxygens (including phenoxy) is 1. The number of H-pyrrole nitrogens is 1. The van der Waals surface area contributed by atoms with Crippen LogP contribution in [0.3, 0.4) is 0 Å². The van der Waals surface area contributed by atoms with Crippen LogP contribution >= 0.6 is 0 Å². The summed E-state index contributed by atoms with van der Waals surface area (Å²) >= 11 is 0. The van der Waals surface area contributed by atoms with E-state index in [2.05, 4.69) is 42.0 Å². The van der Waals surface area contributed by atoms with Crippen LogP contribution in [0.5, 0.6) is 0 Å². The van der Waals surface area contributed by atoms with Crippen molar-refractivity contribution < 1.29 is 4.74 Å². The van der Waals surface area contributed by atoms with Crippen molar-refractivity contribution in [3.8, 4) is 0 Å². The summed E-state index contributed by atoms with van der Waals surface area (Å²) in [5.41, 5.74) is 3.57. The van der Waals surface area contributed by atoms with Gasteiger partial charge >= 0.3 is 0 Å². The monoisotopic (exact) mass is 230 g/mol. The molecule has 0 bridgehead atoms. The topological polar surface area (TPSA) is 37.9 Å². The number of imidazole rings is 1. The fraction of sp³-hybridized carbons (Fsp3) is 0.500. The van der Waals surface area contributed by atoms with Gasteiger partial charge in [0.2, 0.25) is 0 Å². The molecule has 1 aromatic heterocycles. The van der Waals surface area contributed by atoms with Crippen molar-refractivity contribution in [2.75, 3.05) is 6.61 Å². The lowest BCUT2D eigenvalue weighted by Gasteiger charge is -2.01. The van der Waals surface area contributed by atoms with E-state index < -0.39 is 0 Å². The molecule has 1 aromatic carbocycles. The van der Waals surface area contributed by atoms with Crippen molar-refractivity contribution in [3.05, 3.63) is 29.6 Å². The van der Waals surface area contributed by atoms with Gasteiger partial charge in [-0.1, -0.05) is 13.0 Å². The number of aromatic amines is 1. The summed E-state index contributed by atoms with van der Waals surface area (Å²) in [5, 5.41) is 0. The van der Waals surface area contributed by atoms with Crippen LogP contribution in [-0.4, -0.2) is 22.7 Å². The van der Waals surface area contributed by atoms with Gasteiger partial charge in [-0.25, -0.2) is 4.98 Å². The lowest BCUT2D eigenvalue weighted by atomic mass is 10.1. The first-order valence-electron chi connectivity index (χ1n) is 6.36. The second-order valence-electron chi connectivity index (χ2n) is 4.90. The molecule has 0 amide bonds. The quantitative estimate of drug-likeness (QED) is 0.861. The van der Waals surface area contributed by atoms with Gasteiger partial charge < -0.3 is 9.72 Å². The lowest BCUT2D eigenvalue weighted by molar-refractivity contribution is 0.123.